The second-order valence-corrected chi connectivity index (χ2v) is 7.27. The molecule has 2 heterocycles. The second-order valence-electron chi connectivity index (χ2n) is 6.19. The van der Waals surface area contributed by atoms with Crippen LogP contribution in [0, 0.1) is 11.3 Å². The second kappa shape index (κ2) is 9.35. The highest BCUT2D eigenvalue weighted by Crippen LogP contribution is 2.29. The van der Waals surface area contributed by atoms with Crippen LogP contribution in [0.25, 0.3) is 6.08 Å². The Balaban J connectivity index is 1.63. The smallest absolute Gasteiger partial charge is 0.250 e. The summed E-state index contributed by atoms with van der Waals surface area (Å²) in [5.74, 6) is 0.758. The topological polar surface area (TPSA) is 87.5 Å². The zero-order chi connectivity index (χ0) is 19.9. The van der Waals surface area contributed by atoms with E-state index in [1.165, 1.54) is 29.4 Å². The van der Waals surface area contributed by atoms with Gasteiger partial charge in [0.1, 0.15) is 6.07 Å². The van der Waals surface area contributed by atoms with Crippen LogP contribution in [0.5, 0.6) is 11.5 Å². The number of nitriles is 1. The molecule has 1 aromatic heterocycles. The zero-order valence-corrected chi connectivity index (χ0v) is 16.7. The molecule has 28 heavy (non-hydrogen) atoms. The third-order valence-corrected chi connectivity index (χ3v) is 5.39. The minimum Gasteiger partial charge on any atom is -0.493 e. The fraction of sp³-hybridized carbons (Fsp3) is 0.350. The molecule has 1 N–H and O–H groups in total. The maximum Gasteiger partial charge on any atom is 0.250 e. The largest absolute Gasteiger partial charge is 0.493 e. The highest BCUT2D eigenvalue weighted by molar-refractivity contribution is 7.15. The van der Waals surface area contributed by atoms with Gasteiger partial charge in [-0.1, -0.05) is 13.0 Å². The Hall–Kier alpha value is -2.89. The minimum atomic E-state index is -0.234. The summed E-state index contributed by atoms with van der Waals surface area (Å²) in [4.78, 5) is 20.4. The molecule has 7 nitrogen and oxygen atoms in total. The lowest BCUT2D eigenvalue weighted by molar-refractivity contribution is -0.111. The lowest BCUT2D eigenvalue weighted by Crippen LogP contribution is -2.29. The van der Waals surface area contributed by atoms with Gasteiger partial charge in [0.05, 0.1) is 12.8 Å². The molecule has 8 heteroatoms. The summed E-state index contributed by atoms with van der Waals surface area (Å²) in [6, 6.07) is 7.17. The van der Waals surface area contributed by atoms with E-state index in [1.54, 1.807) is 24.3 Å². The van der Waals surface area contributed by atoms with Gasteiger partial charge in [0.25, 0.3) is 0 Å². The molecule has 1 aliphatic rings. The van der Waals surface area contributed by atoms with Crippen molar-refractivity contribution >= 4 is 28.5 Å². The Labute approximate surface area is 168 Å². The van der Waals surface area contributed by atoms with Gasteiger partial charge in [-0.3, -0.25) is 15.0 Å². The standard InChI is InChI=1S/C20H22N4O3S/c1-3-24-10-8-15-18(13-24)28-20(22-15)23-19(25)7-5-14-4-6-16(27-11-9-21)17(12-14)26-2/h4-7,12H,3,8,10-11,13H2,1-2H3,(H,22,23,25)/b7-5+. The number of hydrogen-bond donors (Lipinski definition) is 1. The number of amides is 1. The summed E-state index contributed by atoms with van der Waals surface area (Å²) in [7, 11) is 1.53. The average molecular weight is 398 g/mol. The van der Waals surface area contributed by atoms with E-state index in [9.17, 15) is 4.79 Å². The number of likely N-dealkylation sites (N-methyl/N-ethyl adjacent to an activating group) is 1. The van der Waals surface area contributed by atoms with E-state index in [4.69, 9.17) is 14.7 Å². The van der Waals surface area contributed by atoms with Crippen LogP contribution < -0.4 is 14.8 Å². The van der Waals surface area contributed by atoms with Crippen LogP contribution in [-0.4, -0.2) is 42.6 Å². The monoisotopic (exact) mass is 398 g/mol. The fourth-order valence-corrected chi connectivity index (χ4v) is 3.96. The first kappa shape index (κ1) is 19.9. The van der Waals surface area contributed by atoms with Crippen molar-refractivity contribution in [2.45, 2.75) is 19.9 Å². The number of benzene rings is 1. The zero-order valence-electron chi connectivity index (χ0n) is 15.9. The third kappa shape index (κ3) is 4.88. The Morgan fingerprint density at radius 2 is 2.32 bits per heavy atom. The molecule has 0 saturated heterocycles. The normalized spacial score (nSPS) is 13.8. The van der Waals surface area contributed by atoms with Crippen molar-refractivity contribution in [2.75, 3.05) is 32.1 Å². The highest BCUT2D eigenvalue weighted by Gasteiger charge is 2.20. The Kier molecular flexibility index (Phi) is 6.63. The van der Waals surface area contributed by atoms with Crippen molar-refractivity contribution in [3.05, 3.63) is 40.4 Å². The number of carbonyl (C=O) groups excluding carboxylic acids is 1. The molecule has 2 aromatic rings. The molecular weight excluding hydrogens is 376 g/mol. The first-order valence-corrected chi connectivity index (χ1v) is 9.82. The molecular formula is C20H22N4O3S. The number of thiazole rings is 1. The van der Waals surface area contributed by atoms with E-state index >= 15 is 0 Å². The van der Waals surface area contributed by atoms with Crippen molar-refractivity contribution in [3.8, 4) is 17.6 Å². The Bertz CT molecular complexity index is 917. The van der Waals surface area contributed by atoms with Crippen molar-refractivity contribution in [3.63, 3.8) is 0 Å². The van der Waals surface area contributed by atoms with Crippen LogP contribution in [-0.2, 0) is 17.8 Å². The number of rotatable bonds is 7. The first-order valence-electron chi connectivity index (χ1n) is 9.00. The van der Waals surface area contributed by atoms with Crippen molar-refractivity contribution in [1.29, 1.82) is 5.26 Å². The molecule has 1 aromatic carbocycles. The van der Waals surface area contributed by atoms with Gasteiger partial charge in [-0.15, -0.1) is 11.3 Å². The van der Waals surface area contributed by atoms with E-state index in [0.29, 0.717) is 16.6 Å². The molecule has 3 rings (SSSR count). The Morgan fingerprint density at radius 3 is 3.07 bits per heavy atom. The van der Waals surface area contributed by atoms with Gasteiger partial charge in [-0.25, -0.2) is 4.98 Å². The molecule has 0 radical (unpaired) electrons. The van der Waals surface area contributed by atoms with Crippen LogP contribution in [0.1, 0.15) is 23.1 Å². The number of aromatic nitrogens is 1. The van der Waals surface area contributed by atoms with E-state index in [-0.39, 0.29) is 12.5 Å². The lowest BCUT2D eigenvalue weighted by atomic mass is 10.2. The van der Waals surface area contributed by atoms with Gasteiger partial charge in [-0.2, -0.15) is 5.26 Å². The molecule has 0 fully saturated rings. The number of anilines is 1. The van der Waals surface area contributed by atoms with Crippen LogP contribution in [0.4, 0.5) is 5.13 Å². The summed E-state index contributed by atoms with van der Waals surface area (Å²) in [5, 5.41) is 12.1. The van der Waals surface area contributed by atoms with Crippen molar-refractivity contribution in [2.24, 2.45) is 0 Å². The number of nitrogens with zero attached hydrogens (tertiary/aromatic N) is 3. The van der Waals surface area contributed by atoms with Crippen LogP contribution in [0.15, 0.2) is 24.3 Å². The van der Waals surface area contributed by atoms with Gasteiger partial charge in [0.15, 0.2) is 23.2 Å². The molecule has 0 bridgehead atoms. The van der Waals surface area contributed by atoms with E-state index in [2.05, 4.69) is 22.1 Å². The molecule has 0 saturated carbocycles. The average Bonchev–Trinajstić information content (AvgIpc) is 3.11. The number of nitrogens with one attached hydrogen (secondary N) is 1. The quantitative estimate of drug-likeness (QED) is 0.721. The maximum absolute atomic E-state index is 12.2. The minimum absolute atomic E-state index is 0.0538. The van der Waals surface area contributed by atoms with Gasteiger partial charge < -0.3 is 9.47 Å². The number of hydrogen-bond acceptors (Lipinski definition) is 7. The fourth-order valence-electron chi connectivity index (χ4n) is 2.91. The first-order chi connectivity index (χ1) is 13.6. The van der Waals surface area contributed by atoms with Crippen molar-refractivity contribution in [1.82, 2.24) is 9.88 Å². The Morgan fingerprint density at radius 1 is 1.46 bits per heavy atom. The SMILES string of the molecule is CCN1CCc2nc(NC(=O)/C=C/c3ccc(OCC#N)c(OC)c3)sc2C1. The summed E-state index contributed by atoms with van der Waals surface area (Å²) in [6.07, 6.45) is 4.08. The lowest BCUT2D eigenvalue weighted by Gasteiger charge is -2.23. The summed E-state index contributed by atoms with van der Waals surface area (Å²) in [5.41, 5.74) is 1.88. The van der Waals surface area contributed by atoms with E-state index in [1.807, 2.05) is 6.07 Å². The number of methoxy groups -OCH3 is 1. The maximum atomic E-state index is 12.2. The van der Waals surface area contributed by atoms with E-state index < -0.39 is 0 Å². The van der Waals surface area contributed by atoms with Gasteiger partial charge in [0.2, 0.25) is 5.91 Å². The number of ether oxygens (including phenoxy) is 2. The summed E-state index contributed by atoms with van der Waals surface area (Å²) < 4.78 is 10.6. The number of carbonyl (C=O) groups is 1. The molecule has 1 amide bonds. The van der Waals surface area contributed by atoms with Gasteiger partial charge in [0, 0.05) is 30.5 Å². The summed E-state index contributed by atoms with van der Waals surface area (Å²) in [6.45, 7) is 5.02. The highest BCUT2D eigenvalue weighted by atomic mass is 32.1. The predicted octanol–water partition coefficient (Wildman–Crippen LogP) is 3.08. The third-order valence-electron chi connectivity index (χ3n) is 4.39. The van der Waals surface area contributed by atoms with Crippen LogP contribution >= 0.6 is 11.3 Å². The predicted molar refractivity (Wildman–Crippen MR) is 109 cm³/mol. The number of fused-ring (bicyclic) bond motifs is 1. The van der Waals surface area contributed by atoms with Gasteiger partial charge >= 0.3 is 0 Å². The molecule has 146 valence electrons. The van der Waals surface area contributed by atoms with Crippen LogP contribution in [0.3, 0.4) is 0 Å². The van der Waals surface area contributed by atoms with Gasteiger partial charge in [-0.05, 0) is 30.3 Å². The molecule has 0 spiro atoms. The molecule has 0 atom stereocenters. The molecule has 0 aliphatic carbocycles. The van der Waals surface area contributed by atoms with Crippen LogP contribution in [0.2, 0.25) is 0 Å². The van der Waals surface area contributed by atoms with Crippen molar-refractivity contribution < 1.29 is 14.3 Å². The molecule has 1 aliphatic heterocycles. The summed E-state index contributed by atoms with van der Waals surface area (Å²) >= 11 is 1.54. The molecule has 0 unspecified atom stereocenters. The van der Waals surface area contributed by atoms with E-state index in [0.717, 1.165) is 37.3 Å².